The van der Waals surface area contributed by atoms with Crippen molar-refractivity contribution in [3.05, 3.63) is 94.8 Å². The average molecular weight is 441 g/mol. The number of aromatic nitrogens is 1. The molecule has 0 atom stereocenters. The molecule has 1 heterocycles. The number of carbonyl (C=O) groups excluding carboxylic acids is 1. The number of carbonyl (C=O) groups is 1. The first-order chi connectivity index (χ1) is 16.2. The fourth-order valence-corrected chi connectivity index (χ4v) is 3.72. The highest BCUT2D eigenvalue weighted by atomic mass is 16.5. The van der Waals surface area contributed by atoms with Gasteiger partial charge in [-0.25, -0.2) is 4.79 Å². The van der Waals surface area contributed by atoms with Crippen LogP contribution in [0.1, 0.15) is 78.2 Å². The van der Waals surface area contributed by atoms with Crippen molar-refractivity contribution < 1.29 is 9.53 Å². The molecule has 0 saturated carbocycles. The Morgan fingerprint density at radius 2 is 1.48 bits per heavy atom. The van der Waals surface area contributed by atoms with Crippen LogP contribution in [-0.2, 0) is 19.3 Å². The summed E-state index contributed by atoms with van der Waals surface area (Å²) in [5.74, 6) is 0.0755. The van der Waals surface area contributed by atoms with Gasteiger partial charge >= 0.3 is 5.97 Å². The van der Waals surface area contributed by atoms with Gasteiger partial charge in [-0.2, -0.15) is 5.26 Å². The molecule has 0 N–H and O–H groups in total. The van der Waals surface area contributed by atoms with E-state index >= 15 is 0 Å². The standard InChI is InChI=1S/C29H32N2O2/c1-2-3-4-5-6-7-8-23-13-16-26(17-14-23)29(32)33-28-20-19-27(31-22-28)18-15-24-9-11-25(21-30)12-10-24/h9-14,16-17,19-20,22H,2-8,15,18H2,1H3. The number of rotatable bonds is 12. The lowest BCUT2D eigenvalue weighted by atomic mass is 10.0. The Hall–Kier alpha value is -3.45. The largest absolute Gasteiger partial charge is 0.421 e. The molecule has 0 aliphatic heterocycles. The van der Waals surface area contributed by atoms with Gasteiger partial charge in [-0.15, -0.1) is 0 Å². The van der Waals surface area contributed by atoms with Crippen LogP contribution in [0.25, 0.3) is 0 Å². The van der Waals surface area contributed by atoms with Crippen LogP contribution in [0.2, 0.25) is 0 Å². The lowest BCUT2D eigenvalue weighted by Gasteiger charge is -2.07. The van der Waals surface area contributed by atoms with Crippen molar-refractivity contribution in [3.63, 3.8) is 0 Å². The molecule has 4 heteroatoms. The molecule has 4 nitrogen and oxygen atoms in total. The van der Waals surface area contributed by atoms with Crippen LogP contribution in [0.3, 0.4) is 0 Å². The van der Waals surface area contributed by atoms with Gasteiger partial charge in [-0.1, -0.05) is 63.3 Å². The maximum atomic E-state index is 12.5. The van der Waals surface area contributed by atoms with Crippen molar-refractivity contribution in [1.29, 1.82) is 5.26 Å². The van der Waals surface area contributed by atoms with Gasteiger partial charge in [0, 0.05) is 5.69 Å². The molecule has 170 valence electrons. The summed E-state index contributed by atoms with van der Waals surface area (Å²) >= 11 is 0. The Labute approximate surface area is 197 Å². The van der Waals surface area contributed by atoms with Crippen molar-refractivity contribution in [2.24, 2.45) is 0 Å². The van der Waals surface area contributed by atoms with E-state index in [0.717, 1.165) is 30.5 Å². The van der Waals surface area contributed by atoms with Crippen LogP contribution < -0.4 is 4.74 Å². The number of unbranched alkanes of at least 4 members (excludes halogenated alkanes) is 5. The third-order valence-corrected chi connectivity index (χ3v) is 5.77. The molecule has 0 spiro atoms. The lowest BCUT2D eigenvalue weighted by molar-refractivity contribution is 0.0734. The number of ether oxygens (including phenoxy) is 1. The highest BCUT2D eigenvalue weighted by molar-refractivity contribution is 5.91. The van der Waals surface area contributed by atoms with Crippen molar-refractivity contribution in [2.45, 2.75) is 64.7 Å². The van der Waals surface area contributed by atoms with Crippen molar-refractivity contribution in [3.8, 4) is 11.8 Å². The van der Waals surface area contributed by atoms with E-state index in [9.17, 15) is 4.79 Å². The monoisotopic (exact) mass is 440 g/mol. The Morgan fingerprint density at radius 3 is 2.15 bits per heavy atom. The molecule has 0 amide bonds. The Kier molecular flexibility index (Phi) is 9.66. The number of benzene rings is 2. The summed E-state index contributed by atoms with van der Waals surface area (Å²) < 4.78 is 5.49. The Balaban J connectivity index is 1.43. The molecular weight excluding hydrogens is 408 g/mol. The SMILES string of the molecule is CCCCCCCCc1ccc(C(=O)Oc2ccc(CCc3ccc(C#N)cc3)nc2)cc1. The normalized spacial score (nSPS) is 10.5. The van der Waals surface area contributed by atoms with Crippen LogP contribution in [0.15, 0.2) is 66.9 Å². The van der Waals surface area contributed by atoms with Crippen LogP contribution in [0.4, 0.5) is 0 Å². The molecule has 3 aromatic rings. The number of nitrogens with zero attached hydrogens (tertiary/aromatic N) is 2. The molecule has 0 unspecified atom stereocenters. The second-order valence-corrected chi connectivity index (χ2v) is 8.40. The van der Waals surface area contributed by atoms with E-state index in [1.807, 2.05) is 54.6 Å². The fraction of sp³-hybridized carbons (Fsp3) is 0.345. The zero-order chi connectivity index (χ0) is 23.3. The first-order valence-electron chi connectivity index (χ1n) is 11.9. The maximum absolute atomic E-state index is 12.5. The van der Waals surface area contributed by atoms with Gasteiger partial charge in [0.1, 0.15) is 5.75 Å². The summed E-state index contributed by atoms with van der Waals surface area (Å²) in [7, 11) is 0. The lowest BCUT2D eigenvalue weighted by Crippen LogP contribution is -2.09. The molecule has 3 rings (SSSR count). The predicted molar refractivity (Wildman–Crippen MR) is 131 cm³/mol. The number of esters is 1. The second-order valence-electron chi connectivity index (χ2n) is 8.40. The zero-order valence-electron chi connectivity index (χ0n) is 19.4. The van der Waals surface area contributed by atoms with E-state index in [1.165, 1.54) is 44.1 Å². The van der Waals surface area contributed by atoms with E-state index in [1.54, 1.807) is 12.3 Å². The summed E-state index contributed by atoms with van der Waals surface area (Å²) in [5.41, 5.74) is 4.56. The predicted octanol–water partition coefficient (Wildman–Crippen LogP) is 6.86. The molecule has 1 aromatic heterocycles. The molecule has 0 saturated heterocycles. The fourth-order valence-electron chi connectivity index (χ4n) is 3.72. The highest BCUT2D eigenvalue weighted by Gasteiger charge is 2.09. The van der Waals surface area contributed by atoms with Gasteiger partial charge < -0.3 is 4.74 Å². The van der Waals surface area contributed by atoms with Crippen LogP contribution in [0, 0.1) is 11.3 Å². The van der Waals surface area contributed by atoms with Crippen LogP contribution in [-0.4, -0.2) is 11.0 Å². The topological polar surface area (TPSA) is 63.0 Å². The van der Waals surface area contributed by atoms with Crippen LogP contribution in [0.5, 0.6) is 5.75 Å². The molecule has 0 bridgehead atoms. The number of hydrogen-bond donors (Lipinski definition) is 0. The summed E-state index contributed by atoms with van der Waals surface area (Å²) in [6, 6.07) is 21.1. The number of hydrogen-bond acceptors (Lipinski definition) is 4. The molecule has 2 aromatic carbocycles. The highest BCUT2D eigenvalue weighted by Crippen LogP contribution is 2.16. The molecule has 0 aliphatic rings. The van der Waals surface area contributed by atoms with Gasteiger partial charge in [0.05, 0.1) is 23.4 Å². The quantitative estimate of drug-likeness (QED) is 0.228. The Morgan fingerprint density at radius 1 is 0.818 bits per heavy atom. The number of aryl methyl sites for hydroxylation is 3. The van der Waals surface area contributed by atoms with Gasteiger partial charge in [-0.05, 0) is 73.2 Å². The first-order valence-corrected chi connectivity index (χ1v) is 11.9. The molecule has 0 radical (unpaired) electrons. The van der Waals surface area contributed by atoms with Gasteiger partial charge in [0.2, 0.25) is 0 Å². The molecule has 0 aliphatic carbocycles. The minimum atomic E-state index is -0.367. The van der Waals surface area contributed by atoms with Crippen molar-refractivity contribution >= 4 is 5.97 Å². The third-order valence-electron chi connectivity index (χ3n) is 5.77. The van der Waals surface area contributed by atoms with Crippen molar-refractivity contribution in [2.75, 3.05) is 0 Å². The maximum Gasteiger partial charge on any atom is 0.343 e. The van der Waals surface area contributed by atoms with E-state index in [-0.39, 0.29) is 5.97 Å². The number of nitriles is 1. The zero-order valence-corrected chi connectivity index (χ0v) is 19.4. The summed E-state index contributed by atoms with van der Waals surface area (Å²) in [6.45, 7) is 2.24. The summed E-state index contributed by atoms with van der Waals surface area (Å²) in [5, 5.41) is 8.88. The van der Waals surface area contributed by atoms with E-state index in [4.69, 9.17) is 10.00 Å². The number of pyridine rings is 1. The van der Waals surface area contributed by atoms with Gasteiger partial charge in [0.25, 0.3) is 0 Å². The smallest absolute Gasteiger partial charge is 0.343 e. The summed E-state index contributed by atoms with van der Waals surface area (Å²) in [6.07, 6.45) is 12.0. The van der Waals surface area contributed by atoms with Gasteiger partial charge in [0.15, 0.2) is 0 Å². The van der Waals surface area contributed by atoms with E-state index < -0.39 is 0 Å². The van der Waals surface area contributed by atoms with E-state index in [0.29, 0.717) is 16.9 Å². The molecule has 33 heavy (non-hydrogen) atoms. The van der Waals surface area contributed by atoms with E-state index in [2.05, 4.69) is 18.0 Å². The van der Waals surface area contributed by atoms with Crippen molar-refractivity contribution in [1.82, 2.24) is 4.98 Å². The van der Waals surface area contributed by atoms with Crippen LogP contribution >= 0.6 is 0 Å². The molecular formula is C29H32N2O2. The summed E-state index contributed by atoms with van der Waals surface area (Å²) in [4.78, 5) is 16.9. The minimum absolute atomic E-state index is 0.367. The second kappa shape index (κ2) is 13.2. The minimum Gasteiger partial charge on any atom is -0.421 e. The molecule has 0 fully saturated rings. The van der Waals surface area contributed by atoms with Gasteiger partial charge in [-0.3, -0.25) is 4.98 Å². The Bertz CT molecular complexity index is 1030. The average Bonchev–Trinajstić information content (AvgIpc) is 2.86. The first kappa shape index (κ1) is 24.2. The third kappa shape index (κ3) is 8.20.